The Morgan fingerprint density at radius 1 is 0.275 bits per heavy atom. The van der Waals surface area contributed by atoms with E-state index in [1.807, 2.05) is 0 Å². The molecule has 0 saturated heterocycles. The summed E-state index contributed by atoms with van der Waals surface area (Å²) in [7, 11) is 3.05. The highest BCUT2D eigenvalue weighted by Gasteiger charge is 2.38. The summed E-state index contributed by atoms with van der Waals surface area (Å²) in [5, 5.41) is 25.3. The van der Waals surface area contributed by atoms with E-state index in [0.717, 1.165) is 60.7 Å². The number of pyridine rings is 10. The highest BCUT2D eigenvalue weighted by molar-refractivity contribution is 6.36. The van der Waals surface area contributed by atoms with Crippen molar-refractivity contribution >= 4 is 139 Å². The summed E-state index contributed by atoms with van der Waals surface area (Å²) in [5.74, 6) is -1.79. The number of alkyl halides is 15. The van der Waals surface area contributed by atoms with Crippen LogP contribution in [0.5, 0.6) is 17.2 Å². The Hall–Kier alpha value is -14.7. The average molecular weight is 2100 g/mol. The van der Waals surface area contributed by atoms with Gasteiger partial charge in [-0.05, 0) is 247 Å². The van der Waals surface area contributed by atoms with Gasteiger partial charge in [-0.15, -0.1) is 0 Å². The first-order chi connectivity index (χ1) is 66.8. The van der Waals surface area contributed by atoms with Gasteiger partial charge in [0, 0.05) is 62.5 Å². The molecule has 5 aromatic carbocycles. The molecule has 0 saturated carbocycles. The molecule has 0 aliphatic carbocycles. The Labute approximate surface area is 831 Å². The van der Waals surface area contributed by atoms with E-state index in [2.05, 4.69) is 76.4 Å². The van der Waals surface area contributed by atoms with E-state index >= 15 is 0 Å². The first-order valence-corrected chi connectivity index (χ1v) is 43.2. The number of nitrogens with zero attached hydrogens (tertiary/aromatic N) is 10. The molecule has 15 aromatic rings. The Morgan fingerprint density at radius 3 is 0.718 bits per heavy atom. The number of hydrogen-bond donors (Lipinski definition) is 6. The van der Waals surface area contributed by atoms with Crippen LogP contribution in [-0.2, 0) is 30.9 Å². The normalized spacial score (nSPS) is 11.3. The number of methoxy groups -OCH3 is 2. The third kappa shape index (κ3) is 28.8. The first-order valence-electron chi connectivity index (χ1n) is 40.5. The Morgan fingerprint density at radius 2 is 0.514 bits per heavy atom. The van der Waals surface area contributed by atoms with Gasteiger partial charge in [0.25, 0.3) is 29.5 Å². The number of aromatic hydroxyl groups is 1. The molecule has 732 valence electrons. The van der Waals surface area contributed by atoms with Crippen molar-refractivity contribution in [2.45, 2.75) is 65.5 Å². The van der Waals surface area contributed by atoms with E-state index in [1.54, 1.807) is 152 Å². The lowest BCUT2D eigenvalue weighted by molar-refractivity contribution is -0.142. The number of benzene rings is 5. The van der Waals surface area contributed by atoms with Crippen molar-refractivity contribution < 1.29 is 104 Å². The predicted molar refractivity (Wildman–Crippen MR) is 508 cm³/mol. The van der Waals surface area contributed by atoms with Gasteiger partial charge < -0.3 is 41.2 Å². The lowest BCUT2D eigenvalue weighted by atomic mass is 10.1. The quantitative estimate of drug-likeness (QED) is 0.0364. The molecule has 142 heavy (non-hydrogen) atoms. The lowest BCUT2D eigenvalue weighted by Gasteiger charge is -2.12. The highest BCUT2D eigenvalue weighted by Crippen LogP contribution is 2.40. The molecule has 0 bridgehead atoms. The Balaban J connectivity index is 0.000000169. The number of hydrogen-bond acceptors (Lipinski definition) is 18. The molecule has 0 atom stereocenters. The summed E-state index contributed by atoms with van der Waals surface area (Å²) in [4.78, 5) is 101. The van der Waals surface area contributed by atoms with Crippen LogP contribution in [0, 0.1) is 34.6 Å². The third-order valence-corrected chi connectivity index (χ3v) is 21.8. The van der Waals surface area contributed by atoms with Crippen molar-refractivity contribution in [1.82, 2.24) is 49.8 Å². The van der Waals surface area contributed by atoms with Crippen LogP contribution >= 0.6 is 81.2 Å². The number of halogens is 22. The van der Waals surface area contributed by atoms with Gasteiger partial charge in [0.2, 0.25) is 0 Å². The average Bonchev–Trinajstić information content (AvgIpc) is 0.816. The van der Waals surface area contributed by atoms with Gasteiger partial charge in [-0.25, -0.2) is 29.9 Å². The van der Waals surface area contributed by atoms with Crippen molar-refractivity contribution in [3.63, 3.8) is 0 Å². The highest BCUT2D eigenvalue weighted by atomic mass is 35.5. The monoisotopic (exact) mass is 2100 g/mol. The second kappa shape index (κ2) is 46.2. The summed E-state index contributed by atoms with van der Waals surface area (Å²) in [6, 6.07) is 51.4. The molecule has 23 nitrogen and oxygen atoms in total. The van der Waals surface area contributed by atoms with E-state index in [-0.39, 0.29) is 67.2 Å². The van der Waals surface area contributed by atoms with Crippen molar-refractivity contribution in [3.8, 4) is 73.5 Å². The van der Waals surface area contributed by atoms with Gasteiger partial charge in [-0.1, -0.05) is 87.3 Å². The van der Waals surface area contributed by atoms with Gasteiger partial charge in [0.05, 0.1) is 148 Å². The zero-order valence-electron chi connectivity index (χ0n) is 73.7. The second-order valence-electron chi connectivity index (χ2n) is 29.7. The molecule has 0 aliphatic heterocycles. The molecule has 10 heterocycles. The smallest absolute Gasteiger partial charge is 0.433 e. The molecular weight excluding hydrogens is 2040 g/mol. The van der Waals surface area contributed by atoms with Crippen LogP contribution in [0.4, 0.5) is 94.3 Å². The number of aromatic nitrogens is 10. The zero-order chi connectivity index (χ0) is 104. The van der Waals surface area contributed by atoms with Crippen LogP contribution in [-0.4, -0.2) is 98.7 Å². The number of carbonyl (C=O) groups is 5. The fraction of sp³-hybridized carbons (Fsp3) is 0.124. The molecule has 0 spiro atoms. The van der Waals surface area contributed by atoms with E-state index in [4.69, 9.17) is 90.7 Å². The number of carbonyl (C=O) groups excluding carboxylic acids is 5. The number of nitrogens with one attached hydrogen (secondary N) is 5. The van der Waals surface area contributed by atoms with Gasteiger partial charge >= 0.3 is 30.9 Å². The van der Waals surface area contributed by atoms with Crippen LogP contribution in [0.2, 0.25) is 35.3 Å². The van der Waals surface area contributed by atoms with Crippen LogP contribution < -0.4 is 36.1 Å². The summed E-state index contributed by atoms with van der Waals surface area (Å²) < 4.78 is 201. The number of anilines is 5. The van der Waals surface area contributed by atoms with Crippen LogP contribution in [0.3, 0.4) is 0 Å². The van der Waals surface area contributed by atoms with Gasteiger partial charge in [-0.3, -0.25) is 43.9 Å². The van der Waals surface area contributed by atoms with E-state index in [9.17, 15) is 94.9 Å². The van der Waals surface area contributed by atoms with Crippen molar-refractivity contribution in [3.05, 3.63) is 363 Å². The molecule has 5 amide bonds. The zero-order valence-corrected chi connectivity index (χ0v) is 79.0. The van der Waals surface area contributed by atoms with Gasteiger partial charge in [0.1, 0.15) is 50.9 Å². The maximum Gasteiger partial charge on any atom is 0.433 e. The first kappa shape index (κ1) is 108. The third-order valence-electron chi connectivity index (χ3n) is 19.7. The summed E-state index contributed by atoms with van der Waals surface area (Å²) >= 11 is 42.8. The van der Waals surface area contributed by atoms with Crippen LogP contribution in [0.15, 0.2) is 243 Å². The summed E-state index contributed by atoms with van der Waals surface area (Å²) in [5.41, 5.74) is 2.21. The SMILES string of the molecule is COc1ccc(-c2cc(NC(=O)c3ccc(C(F)(F)F)nc3C)ccc2Cl)nc1.COc1ccc(-c2cc(NC(=O)c3ccc(C(F)(F)F)nc3C)ccc2Cl)nc1.Cc1nc(C(F)(F)F)ccc1C(=O)Nc1ccc(Cl)c(-c2ccc(Cl)cn2)c1.Cc1nc(C(F)(F)F)ccc1C(=O)Nc1ccc(Cl)c(-c2ccc(O)cn2)c1.Cc1nc(C(F)(F)F)ccc1C(=O)Nc1ccc(Cl)c(-c2cccc(Cl)n2)c1. The minimum Gasteiger partial charge on any atom is -0.506 e. The minimum absolute atomic E-state index is 0.00499. The Bertz CT molecular complexity index is 6870. The minimum atomic E-state index is -4.58. The molecule has 10 aromatic heterocycles. The maximum absolute atomic E-state index is 12.7. The topological polar surface area (TPSA) is 313 Å². The molecule has 0 unspecified atom stereocenters. The predicted octanol–water partition coefficient (Wildman–Crippen LogP) is 27.9. The lowest BCUT2D eigenvalue weighted by Crippen LogP contribution is -2.16. The van der Waals surface area contributed by atoms with E-state index in [0.29, 0.717) is 126 Å². The number of ether oxygens (including phenoxy) is 2. The molecule has 0 radical (unpaired) electrons. The molecule has 45 heteroatoms. The molecule has 0 fully saturated rings. The summed E-state index contributed by atoms with van der Waals surface area (Å²) in [6.07, 6.45) is -17.1. The van der Waals surface area contributed by atoms with Crippen LogP contribution in [0.25, 0.3) is 56.3 Å². The Kier molecular flexibility index (Phi) is 35.0. The largest absolute Gasteiger partial charge is 0.506 e. The fourth-order valence-electron chi connectivity index (χ4n) is 12.7. The fourth-order valence-corrected chi connectivity index (χ4v) is 14.1. The van der Waals surface area contributed by atoms with Crippen molar-refractivity contribution in [2.75, 3.05) is 40.8 Å². The number of aryl methyl sites for hydroxylation is 5. The molecule has 0 aliphatic rings. The summed E-state index contributed by atoms with van der Waals surface area (Å²) in [6.45, 7) is 6.71. The van der Waals surface area contributed by atoms with Crippen LogP contribution in [0.1, 0.15) is 109 Å². The van der Waals surface area contributed by atoms with E-state index in [1.165, 1.54) is 79.7 Å². The van der Waals surface area contributed by atoms with E-state index < -0.39 is 88.9 Å². The number of rotatable bonds is 17. The van der Waals surface area contributed by atoms with Gasteiger partial charge in [-0.2, -0.15) is 65.9 Å². The molecule has 15 rings (SSSR count). The molecule has 6 N–H and O–H groups in total. The van der Waals surface area contributed by atoms with Crippen molar-refractivity contribution in [2.24, 2.45) is 0 Å². The van der Waals surface area contributed by atoms with Crippen molar-refractivity contribution in [1.29, 1.82) is 0 Å². The van der Waals surface area contributed by atoms with Gasteiger partial charge in [0.15, 0.2) is 0 Å². The standard InChI is InChI=1S/2C20H15ClF3N3O2.2C19H12Cl2F3N3O.C19H13ClF3N3O2/c2*1-11-14(5-8-18(26-11)20(22,23)24)19(28)27-12-3-6-16(21)15(9-12)17-7-4-13(29-2)10-25-17;1-10-13(4-7-17(26-10)19(22,23)24)18(28)27-12-3-5-15(21)14(8-12)16-6-2-11(20)9-25-16;1-10-12(6-8-16(25-10)19(22,23)24)18(28)26-11-5-7-14(20)13(9-11)15-3-2-4-17(21)27-15;1-10-13(4-7-17(25-10)19(21,22)23)18(28)26-11-2-5-15(20)14(8-11)16-6-3-12(27)9-24-16/h2*3-10H,1-2H3,(H,27,28);2-9H,1H3,(H,27,28);2-9H,1H3,(H,26,28);2-9,27H,1H3,(H,26,28). The second-order valence-corrected chi connectivity index (χ2v) is 32.5. The number of amides is 5. The maximum atomic E-state index is 12.7. The molecular formula is C97H67Cl7F15N15O8.